The fraction of sp³-hybridized carbons (Fsp3) is 0.100. The van der Waals surface area contributed by atoms with Gasteiger partial charge in [0.15, 0.2) is 0 Å². The lowest BCUT2D eigenvalue weighted by atomic mass is 9.96. The molecule has 7 aromatic rings. The van der Waals surface area contributed by atoms with E-state index in [-0.39, 0.29) is 0 Å². The van der Waals surface area contributed by atoms with Crippen molar-refractivity contribution in [3.05, 3.63) is 157 Å². The molecule has 0 saturated carbocycles. The third kappa shape index (κ3) is 5.45. The molecule has 1 heterocycles. The Hall–Kier alpha value is -4.02. The molecular weight excluding hydrogens is 558 g/mol. The van der Waals surface area contributed by atoms with E-state index in [1.54, 1.807) is 0 Å². The Morgan fingerprint density at radius 2 is 0.930 bits per heavy atom. The molecule has 0 aliphatic heterocycles. The number of benzene rings is 6. The van der Waals surface area contributed by atoms with Crippen LogP contribution < -0.4 is 31.8 Å². The molecule has 0 N–H and O–H groups in total. The molecule has 3 heteroatoms. The van der Waals surface area contributed by atoms with Crippen LogP contribution in [0.5, 0.6) is 0 Å². The van der Waals surface area contributed by atoms with Crippen LogP contribution in [-0.4, -0.2) is 0 Å². The predicted octanol–water partition coefficient (Wildman–Crippen LogP) is 8.62. The van der Waals surface area contributed by atoms with Gasteiger partial charge in [-0.3, -0.25) is 0 Å². The first kappa shape index (κ1) is 27.8. The van der Waals surface area contributed by atoms with Crippen LogP contribution in [0.25, 0.3) is 21.9 Å². The van der Waals surface area contributed by atoms with Gasteiger partial charge in [0.2, 0.25) is 0 Å². The molecule has 0 aliphatic rings. The second kappa shape index (κ2) is 12.3. The van der Waals surface area contributed by atoms with Gasteiger partial charge in [0.05, 0.1) is 0 Å². The molecule has 0 radical (unpaired) electrons. The van der Waals surface area contributed by atoms with Crippen LogP contribution in [0.15, 0.2) is 156 Å². The molecule has 43 heavy (non-hydrogen) atoms. The molecule has 0 fully saturated rings. The van der Waals surface area contributed by atoms with Gasteiger partial charge in [0.1, 0.15) is 11.2 Å². The van der Waals surface area contributed by atoms with E-state index in [9.17, 15) is 0 Å². The number of furan rings is 1. The van der Waals surface area contributed by atoms with Crippen molar-refractivity contribution >= 4 is 69.6 Å². The Kier molecular flexibility index (Phi) is 7.95. The van der Waals surface area contributed by atoms with Gasteiger partial charge in [0.25, 0.3) is 0 Å². The van der Waals surface area contributed by atoms with Crippen LogP contribution in [0.4, 0.5) is 0 Å². The second-order valence-corrected chi connectivity index (χ2v) is 15.5. The van der Waals surface area contributed by atoms with Gasteiger partial charge in [-0.1, -0.05) is 141 Å². The molecule has 0 aliphatic carbocycles. The van der Waals surface area contributed by atoms with Crippen LogP contribution >= 0.6 is 15.8 Å². The molecule has 0 bridgehead atoms. The molecule has 0 saturated heterocycles. The standard InChI is InChI=1S/C40H34OP2/c1-3-29(2)36-27-35(43(32-20-12-6-13-21-32)33-22-14-7-15-23-33)28-38-37-26-34(24-25-39(37)41-40(36)38)42(30-16-8-4-9-17-30)31-18-10-5-11-19-31/h4-29H,3H2,1-2H3. The highest BCUT2D eigenvalue weighted by molar-refractivity contribution is 7.80. The quantitative estimate of drug-likeness (QED) is 0.161. The molecule has 0 amide bonds. The van der Waals surface area contributed by atoms with Crippen LogP contribution in [0.1, 0.15) is 31.7 Å². The first-order valence-electron chi connectivity index (χ1n) is 15.0. The average Bonchev–Trinajstić information content (AvgIpc) is 3.44. The van der Waals surface area contributed by atoms with Crippen molar-refractivity contribution in [2.75, 3.05) is 0 Å². The lowest BCUT2D eigenvalue weighted by Gasteiger charge is -2.21. The van der Waals surface area contributed by atoms with Crippen LogP contribution in [-0.2, 0) is 0 Å². The third-order valence-corrected chi connectivity index (χ3v) is 13.1. The molecule has 1 atom stereocenters. The monoisotopic (exact) mass is 592 g/mol. The van der Waals surface area contributed by atoms with E-state index in [4.69, 9.17) is 4.42 Å². The van der Waals surface area contributed by atoms with Crippen LogP contribution in [0.2, 0.25) is 0 Å². The lowest BCUT2D eigenvalue weighted by molar-refractivity contribution is 0.646. The summed E-state index contributed by atoms with van der Waals surface area (Å²) in [7, 11) is -1.44. The molecule has 0 spiro atoms. The smallest absolute Gasteiger partial charge is 0.138 e. The Balaban J connectivity index is 1.48. The maximum atomic E-state index is 6.71. The van der Waals surface area contributed by atoms with Gasteiger partial charge in [-0.2, -0.15) is 0 Å². The number of hydrogen-bond donors (Lipinski definition) is 0. The second-order valence-electron chi connectivity index (χ2n) is 11.0. The first-order valence-corrected chi connectivity index (χ1v) is 17.7. The Labute approximate surface area is 256 Å². The van der Waals surface area contributed by atoms with E-state index in [2.05, 4.69) is 166 Å². The summed E-state index contributed by atoms with van der Waals surface area (Å²) in [6, 6.07) is 55.6. The molecule has 6 aromatic carbocycles. The van der Waals surface area contributed by atoms with Gasteiger partial charge in [-0.25, -0.2) is 0 Å². The molecular formula is C40H34OP2. The van der Waals surface area contributed by atoms with E-state index in [0.29, 0.717) is 5.92 Å². The summed E-state index contributed by atoms with van der Waals surface area (Å²) in [5, 5.41) is 10.6. The fourth-order valence-corrected chi connectivity index (χ4v) is 10.6. The summed E-state index contributed by atoms with van der Waals surface area (Å²) < 4.78 is 6.71. The van der Waals surface area contributed by atoms with Crippen molar-refractivity contribution in [3.63, 3.8) is 0 Å². The molecule has 1 nitrogen and oxygen atoms in total. The predicted molar refractivity (Wildman–Crippen MR) is 190 cm³/mol. The number of fused-ring (bicyclic) bond motifs is 3. The van der Waals surface area contributed by atoms with Crippen molar-refractivity contribution in [1.82, 2.24) is 0 Å². The SMILES string of the molecule is CCC(C)c1cc(P(c2ccccc2)c2ccccc2)cc2c1oc1ccc(P(c3ccccc3)c3ccccc3)cc12. The van der Waals surface area contributed by atoms with Gasteiger partial charge >= 0.3 is 0 Å². The van der Waals surface area contributed by atoms with Gasteiger partial charge < -0.3 is 4.42 Å². The molecule has 1 aromatic heterocycles. The van der Waals surface area contributed by atoms with Crippen molar-refractivity contribution in [2.24, 2.45) is 0 Å². The minimum absolute atomic E-state index is 0.386. The summed E-state index contributed by atoms with van der Waals surface area (Å²) in [4.78, 5) is 0. The number of hydrogen-bond acceptors (Lipinski definition) is 1. The maximum absolute atomic E-state index is 6.71. The lowest BCUT2D eigenvalue weighted by Crippen LogP contribution is -2.21. The maximum Gasteiger partial charge on any atom is 0.138 e. The summed E-state index contributed by atoms with van der Waals surface area (Å²) in [6.45, 7) is 4.60. The third-order valence-electron chi connectivity index (χ3n) is 8.29. The van der Waals surface area contributed by atoms with Crippen molar-refractivity contribution in [2.45, 2.75) is 26.2 Å². The van der Waals surface area contributed by atoms with Gasteiger partial charge in [-0.15, -0.1) is 0 Å². The Morgan fingerprint density at radius 1 is 0.488 bits per heavy atom. The zero-order valence-electron chi connectivity index (χ0n) is 24.5. The topological polar surface area (TPSA) is 13.1 Å². The van der Waals surface area contributed by atoms with Gasteiger partial charge in [0, 0.05) is 10.8 Å². The summed E-state index contributed by atoms with van der Waals surface area (Å²) in [6.07, 6.45) is 1.06. The van der Waals surface area contributed by atoms with E-state index in [1.165, 1.54) is 48.2 Å². The van der Waals surface area contributed by atoms with E-state index in [1.807, 2.05) is 0 Å². The molecule has 1 unspecified atom stereocenters. The highest BCUT2D eigenvalue weighted by Crippen LogP contribution is 2.41. The zero-order chi connectivity index (χ0) is 29.2. The van der Waals surface area contributed by atoms with Gasteiger partial charge in [-0.05, 0) is 89.8 Å². The zero-order valence-corrected chi connectivity index (χ0v) is 26.3. The summed E-state index contributed by atoms with van der Waals surface area (Å²) in [5.41, 5.74) is 3.30. The molecule has 7 rings (SSSR count). The normalized spacial score (nSPS) is 12.4. The summed E-state index contributed by atoms with van der Waals surface area (Å²) >= 11 is 0. The highest BCUT2D eigenvalue weighted by atomic mass is 31.1. The van der Waals surface area contributed by atoms with Crippen molar-refractivity contribution in [1.29, 1.82) is 0 Å². The largest absolute Gasteiger partial charge is 0.456 e. The average molecular weight is 593 g/mol. The van der Waals surface area contributed by atoms with E-state index < -0.39 is 15.8 Å². The minimum Gasteiger partial charge on any atom is -0.456 e. The van der Waals surface area contributed by atoms with E-state index >= 15 is 0 Å². The van der Waals surface area contributed by atoms with Crippen molar-refractivity contribution in [3.8, 4) is 0 Å². The molecule has 210 valence electrons. The van der Waals surface area contributed by atoms with Crippen molar-refractivity contribution < 1.29 is 4.42 Å². The van der Waals surface area contributed by atoms with Crippen LogP contribution in [0, 0.1) is 0 Å². The highest BCUT2D eigenvalue weighted by Gasteiger charge is 2.24. The Bertz CT molecular complexity index is 1890. The number of rotatable bonds is 8. The summed E-state index contributed by atoms with van der Waals surface area (Å²) in [5.74, 6) is 0.386. The van der Waals surface area contributed by atoms with E-state index in [0.717, 1.165) is 17.6 Å². The minimum atomic E-state index is -0.732. The fourth-order valence-electron chi connectivity index (χ4n) is 5.93. The first-order chi connectivity index (χ1) is 21.2. The van der Waals surface area contributed by atoms with Crippen LogP contribution in [0.3, 0.4) is 0 Å². The Morgan fingerprint density at radius 3 is 1.40 bits per heavy atom.